The Kier molecular flexibility index (Phi) is 4.86. The molecule has 5 heteroatoms. The number of nitrogens with one attached hydrogen (secondary N) is 1. The van der Waals surface area contributed by atoms with Crippen molar-refractivity contribution in [3.05, 3.63) is 17.8 Å². The quantitative estimate of drug-likeness (QED) is 0.593. The van der Waals surface area contributed by atoms with E-state index in [1.807, 2.05) is 6.92 Å². The fraction of sp³-hybridized carbons (Fsp3) is 0.500. The first-order chi connectivity index (χ1) is 7.24. The maximum Gasteiger partial charge on any atom is 0.128 e. The molecule has 0 spiro atoms. The number of anilines is 2. The van der Waals surface area contributed by atoms with Crippen molar-refractivity contribution >= 4 is 11.5 Å². The average Bonchev–Trinajstić information content (AvgIpc) is 2.23. The number of pyridine rings is 1. The first-order valence-corrected chi connectivity index (χ1v) is 4.88. The van der Waals surface area contributed by atoms with Crippen molar-refractivity contribution in [2.24, 2.45) is 0 Å². The Hall–Kier alpha value is -1.33. The molecule has 15 heavy (non-hydrogen) atoms. The highest BCUT2D eigenvalue weighted by Gasteiger charge is 1.97. The van der Waals surface area contributed by atoms with Crippen LogP contribution in [-0.2, 0) is 4.74 Å². The first-order valence-electron chi connectivity index (χ1n) is 4.88. The summed E-state index contributed by atoms with van der Waals surface area (Å²) in [7, 11) is 0. The molecule has 0 fully saturated rings. The van der Waals surface area contributed by atoms with Crippen LogP contribution in [0.25, 0.3) is 0 Å². The predicted molar refractivity (Wildman–Crippen MR) is 59.8 cm³/mol. The van der Waals surface area contributed by atoms with Crippen LogP contribution in [0.1, 0.15) is 5.56 Å². The van der Waals surface area contributed by atoms with E-state index in [1.54, 1.807) is 12.3 Å². The summed E-state index contributed by atoms with van der Waals surface area (Å²) in [6.07, 6.45) is 1.73. The molecule has 0 aliphatic carbocycles. The highest BCUT2D eigenvalue weighted by molar-refractivity contribution is 5.53. The van der Waals surface area contributed by atoms with E-state index in [0.29, 0.717) is 19.8 Å². The number of aryl methyl sites for hydroxylation is 1. The topological polar surface area (TPSA) is 80.4 Å². The molecule has 0 aliphatic rings. The summed E-state index contributed by atoms with van der Waals surface area (Å²) >= 11 is 0. The van der Waals surface area contributed by atoms with Gasteiger partial charge in [0.25, 0.3) is 0 Å². The van der Waals surface area contributed by atoms with Gasteiger partial charge in [-0.3, -0.25) is 0 Å². The third kappa shape index (κ3) is 4.14. The van der Waals surface area contributed by atoms with Gasteiger partial charge in [-0.05, 0) is 12.5 Å². The molecule has 4 N–H and O–H groups in total. The molecule has 1 aromatic heterocycles. The van der Waals surface area contributed by atoms with E-state index < -0.39 is 0 Å². The molecule has 0 saturated carbocycles. The molecule has 5 nitrogen and oxygen atoms in total. The van der Waals surface area contributed by atoms with Crippen LogP contribution < -0.4 is 11.1 Å². The maximum absolute atomic E-state index is 8.48. The van der Waals surface area contributed by atoms with Crippen LogP contribution in [0.15, 0.2) is 12.3 Å². The van der Waals surface area contributed by atoms with Crippen molar-refractivity contribution in [2.45, 2.75) is 6.92 Å². The van der Waals surface area contributed by atoms with Crippen LogP contribution in [0.3, 0.4) is 0 Å². The smallest absolute Gasteiger partial charge is 0.128 e. The highest BCUT2D eigenvalue weighted by atomic mass is 16.5. The lowest BCUT2D eigenvalue weighted by atomic mass is 10.2. The Labute approximate surface area is 89.3 Å². The second-order valence-corrected chi connectivity index (χ2v) is 3.19. The molecule has 0 saturated heterocycles. The Bertz CT molecular complexity index is 305. The normalized spacial score (nSPS) is 10.3. The SMILES string of the molecule is Cc1cnc(NCCOCCO)cc1N. The summed E-state index contributed by atoms with van der Waals surface area (Å²) in [5.41, 5.74) is 7.42. The Balaban J connectivity index is 2.28. The number of aliphatic hydroxyl groups is 1. The van der Waals surface area contributed by atoms with Gasteiger partial charge in [-0.1, -0.05) is 0 Å². The lowest BCUT2D eigenvalue weighted by Gasteiger charge is -2.07. The molecule has 0 radical (unpaired) electrons. The second kappa shape index (κ2) is 6.21. The standard InChI is InChI=1S/C10H17N3O2/c1-8-7-13-10(6-9(8)11)12-2-4-15-5-3-14/h6-7,14H,2-5H2,1H3,(H3,11,12,13). The van der Waals surface area contributed by atoms with Crippen LogP contribution >= 0.6 is 0 Å². The van der Waals surface area contributed by atoms with Crippen LogP contribution in [0.4, 0.5) is 11.5 Å². The number of aliphatic hydroxyl groups excluding tert-OH is 1. The van der Waals surface area contributed by atoms with Gasteiger partial charge in [0.2, 0.25) is 0 Å². The summed E-state index contributed by atoms with van der Waals surface area (Å²) in [5.74, 6) is 0.741. The minimum atomic E-state index is 0.0513. The van der Waals surface area contributed by atoms with Crippen LogP contribution in [0, 0.1) is 6.92 Å². The number of nitrogens with zero attached hydrogens (tertiary/aromatic N) is 1. The Morgan fingerprint density at radius 3 is 3.00 bits per heavy atom. The van der Waals surface area contributed by atoms with Gasteiger partial charge in [-0.25, -0.2) is 4.98 Å². The zero-order valence-electron chi connectivity index (χ0n) is 8.86. The molecular formula is C10H17N3O2. The van der Waals surface area contributed by atoms with Gasteiger partial charge in [-0.2, -0.15) is 0 Å². The van der Waals surface area contributed by atoms with Crippen molar-refractivity contribution in [2.75, 3.05) is 37.4 Å². The van der Waals surface area contributed by atoms with E-state index in [0.717, 1.165) is 17.1 Å². The maximum atomic E-state index is 8.48. The van der Waals surface area contributed by atoms with E-state index in [2.05, 4.69) is 10.3 Å². The molecule has 0 bridgehead atoms. The van der Waals surface area contributed by atoms with Crippen molar-refractivity contribution in [1.82, 2.24) is 4.98 Å². The molecule has 1 rings (SSSR count). The fourth-order valence-corrected chi connectivity index (χ4v) is 1.05. The molecule has 0 unspecified atom stereocenters. The summed E-state index contributed by atoms with van der Waals surface area (Å²) in [6, 6.07) is 1.79. The minimum absolute atomic E-state index is 0.0513. The van der Waals surface area contributed by atoms with Gasteiger partial charge in [0.05, 0.1) is 19.8 Å². The number of hydrogen-bond acceptors (Lipinski definition) is 5. The van der Waals surface area contributed by atoms with Gasteiger partial charge in [-0.15, -0.1) is 0 Å². The van der Waals surface area contributed by atoms with Crippen molar-refractivity contribution in [3.8, 4) is 0 Å². The molecule has 0 aliphatic heterocycles. The number of rotatable bonds is 6. The first kappa shape index (κ1) is 11.7. The highest BCUT2D eigenvalue weighted by Crippen LogP contribution is 2.12. The zero-order valence-corrected chi connectivity index (χ0v) is 8.86. The lowest BCUT2D eigenvalue weighted by Crippen LogP contribution is -2.12. The number of hydrogen-bond donors (Lipinski definition) is 3. The monoisotopic (exact) mass is 211 g/mol. The van der Waals surface area contributed by atoms with E-state index >= 15 is 0 Å². The zero-order chi connectivity index (χ0) is 11.1. The molecule has 84 valence electrons. The minimum Gasteiger partial charge on any atom is -0.398 e. The number of aromatic nitrogens is 1. The van der Waals surface area contributed by atoms with Gasteiger partial charge < -0.3 is 20.9 Å². The largest absolute Gasteiger partial charge is 0.398 e. The third-order valence-electron chi connectivity index (χ3n) is 1.93. The predicted octanol–water partition coefficient (Wildman–Crippen LogP) is 0.393. The van der Waals surface area contributed by atoms with E-state index in [4.69, 9.17) is 15.6 Å². The van der Waals surface area contributed by atoms with Crippen molar-refractivity contribution in [1.29, 1.82) is 0 Å². The molecule has 0 amide bonds. The number of nitrogens with two attached hydrogens (primary N) is 1. The van der Waals surface area contributed by atoms with E-state index in [1.165, 1.54) is 0 Å². The van der Waals surface area contributed by atoms with Crippen LogP contribution in [0.5, 0.6) is 0 Å². The summed E-state index contributed by atoms with van der Waals surface area (Å²) in [4.78, 5) is 4.16. The summed E-state index contributed by atoms with van der Waals surface area (Å²) < 4.78 is 5.09. The molecule has 0 atom stereocenters. The van der Waals surface area contributed by atoms with Crippen molar-refractivity contribution < 1.29 is 9.84 Å². The van der Waals surface area contributed by atoms with Gasteiger partial charge in [0.15, 0.2) is 0 Å². The Morgan fingerprint density at radius 2 is 2.33 bits per heavy atom. The number of nitrogen functional groups attached to an aromatic ring is 1. The molecular weight excluding hydrogens is 194 g/mol. The van der Waals surface area contributed by atoms with Gasteiger partial charge in [0.1, 0.15) is 5.82 Å². The van der Waals surface area contributed by atoms with Crippen LogP contribution in [0.2, 0.25) is 0 Å². The molecule has 1 heterocycles. The van der Waals surface area contributed by atoms with Crippen molar-refractivity contribution in [3.63, 3.8) is 0 Å². The van der Waals surface area contributed by atoms with E-state index in [-0.39, 0.29) is 6.61 Å². The molecule has 0 aromatic carbocycles. The lowest BCUT2D eigenvalue weighted by molar-refractivity contribution is 0.0992. The summed E-state index contributed by atoms with van der Waals surface area (Å²) in [6.45, 7) is 3.52. The average molecular weight is 211 g/mol. The second-order valence-electron chi connectivity index (χ2n) is 3.19. The van der Waals surface area contributed by atoms with Gasteiger partial charge >= 0.3 is 0 Å². The van der Waals surface area contributed by atoms with Crippen LogP contribution in [-0.4, -0.2) is 36.5 Å². The third-order valence-corrected chi connectivity index (χ3v) is 1.93. The van der Waals surface area contributed by atoms with E-state index in [9.17, 15) is 0 Å². The molecule has 1 aromatic rings. The Morgan fingerprint density at radius 1 is 1.53 bits per heavy atom. The van der Waals surface area contributed by atoms with Gasteiger partial charge in [0, 0.05) is 24.5 Å². The fourth-order valence-electron chi connectivity index (χ4n) is 1.05. The number of ether oxygens (including phenoxy) is 1. The summed E-state index contributed by atoms with van der Waals surface area (Å²) in [5, 5.41) is 11.5.